The summed E-state index contributed by atoms with van der Waals surface area (Å²) in [6.07, 6.45) is 3.40. The first-order chi connectivity index (χ1) is 8.25. The number of hydrogen-bond acceptors (Lipinski definition) is 3. The maximum absolute atomic E-state index is 10.6. The number of nitrogens with zero attached hydrogens (tertiary/aromatic N) is 1. The van der Waals surface area contributed by atoms with Gasteiger partial charge in [-0.15, -0.1) is 0 Å². The van der Waals surface area contributed by atoms with E-state index in [2.05, 4.69) is 4.98 Å². The molecular weight excluding hydrogens is 218 g/mol. The second-order valence-electron chi connectivity index (χ2n) is 3.47. The molecule has 0 amide bonds. The van der Waals surface area contributed by atoms with Crippen LogP contribution in [0, 0.1) is 0 Å². The van der Waals surface area contributed by atoms with E-state index in [4.69, 9.17) is 9.84 Å². The van der Waals surface area contributed by atoms with Gasteiger partial charge in [0.1, 0.15) is 12.4 Å². The Labute approximate surface area is 98.5 Å². The SMILES string of the molecule is O=C(O)c1ccc(OCc2ccncc2)cc1. The van der Waals surface area contributed by atoms with Crippen LogP contribution >= 0.6 is 0 Å². The van der Waals surface area contributed by atoms with Crippen LogP contribution in [0.1, 0.15) is 15.9 Å². The summed E-state index contributed by atoms with van der Waals surface area (Å²) >= 11 is 0. The highest BCUT2D eigenvalue weighted by Gasteiger charge is 2.02. The Morgan fingerprint density at radius 2 is 1.76 bits per heavy atom. The summed E-state index contributed by atoms with van der Waals surface area (Å²) in [6, 6.07) is 10.1. The average Bonchev–Trinajstić information content (AvgIpc) is 2.38. The summed E-state index contributed by atoms with van der Waals surface area (Å²) < 4.78 is 5.51. The van der Waals surface area contributed by atoms with Crippen LogP contribution in [0.15, 0.2) is 48.8 Å². The lowest BCUT2D eigenvalue weighted by Crippen LogP contribution is -1.98. The number of carbonyl (C=O) groups is 1. The van der Waals surface area contributed by atoms with Crippen molar-refractivity contribution in [3.8, 4) is 5.75 Å². The number of ether oxygens (including phenoxy) is 1. The molecule has 0 atom stereocenters. The number of hydrogen-bond donors (Lipinski definition) is 1. The highest BCUT2D eigenvalue weighted by atomic mass is 16.5. The van der Waals surface area contributed by atoms with Gasteiger partial charge in [-0.1, -0.05) is 0 Å². The lowest BCUT2D eigenvalue weighted by molar-refractivity contribution is 0.0697. The van der Waals surface area contributed by atoms with Crippen molar-refractivity contribution in [3.63, 3.8) is 0 Å². The number of rotatable bonds is 4. The molecule has 2 rings (SSSR count). The molecule has 1 aromatic carbocycles. The van der Waals surface area contributed by atoms with Gasteiger partial charge in [0.2, 0.25) is 0 Å². The molecule has 86 valence electrons. The largest absolute Gasteiger partial charge is 0.489 e. The van der Waals surface area contributed by atoms with E-state index in [-0.39, 0.29) is 5.56 Å². The predicted molar refractivity (Wildman–Crippen MR) is 62.0 cm³/mol. The molecule has 0 aliphatic carbocycles. The molecule has 0 radical (unpaired) electrons. The zero-order valence-electron chi connectivity index (χ0n) is 9.04. The third-order valence-electron chi connectivity index (χ3n) is 2.26. The van der Waals surface area contributed by atoms with E-state index in [0.29, 0.717) is 12.4 Å². The van der Waals surface area contributed by atoms with Gasteiger partial charge >= 0.3 is 5.97 Å². The van der Waals surface area contributed by atoms with Crippen molar-refractivity contribution in [2.75, 3.05) is 0 Å². The molecule has 1 N–H and O–H groups in total. The summed E-state index contributed by atoms with van der Waals surface area (Å²) in [7, 11) is 0. The highest BCUT2D eigenvalue weighted by molar-refractivity contribution is 5.87. The third kappa shape index (κ3) is 3.04. The number of aromatic nitrogens is 1. The first-order valence-electron chi connectivity index (χ1n) is 5.11. The Bertz CT molecular complexity index is 494. The lowest BCUT2D eigenvalue weighted by atomic mass is 10.2. The van der Waals surface area contributed by atoms with Crippen LogP contribution in [0.4, 0.5) is 0 Å². The van der Waals surface area contributed by atoms with Crippen molar-refractivity contribution in [3.05, 3.63) is 59.9 Å². The van der Waals surface area contributed by atoms with Gasteiger partial charge in [-0.3, -0.25) is 4.98 Å². The minimum atomic E-state index is -0.939. The number of pyridine rings is 1. The fourth-order valence-electron chi connectivity index (χ4n) is 1.34. The maximum atomic E-state index is 10.6. The first kappa shape index (κ1) is 11.1. The molecule has 0 aliphatic rings. The smallest absolute Gasteiger partial charge is 0.335 e. The molecule has 1 heterocycles. The van der Waals surface area contributed by atoms with Crippen LogP contribution in [-0.4, -0.2) is 16.1 Å². The number of carboxylic acid groups (broad SMARTS) is 1. The van der Waals surface area contributed by atoms with Crippen molar-refractivity contribution < 1.29 is 14.6 Å². The Morgan fingerprint density at radius 3 is 2.35 bits per heavy atom. The van der Waals surface area contributed by atoms with Gasteiger partial charge < -0.3 is 9.84 Å². The zero-order chi connectivity index (χ0) is 12.1. The van der Waals surface area contributed by atoms with E-state index in [1.807, 2.05) is 12.1 Å². The quantitative estimate of drug-likeness (QED) is 0.874. The molecule has 17 heavy (non-hydrogen) atoms. The predicted octanol–water partition coefficient (Wildman–Crippen LogP) is 2.36. The van der Waals surface area contributed by atoms with Gasteiger partial charge in [0.15, 0.2) is 0 Å². The van der Waals surface area contributed by atoms with Gasteiger partial charge in [-0.05, 0) is 42.0 Å². The van der Waals surface area contributed by atoms with E-state index in [1.165, 1.54) is 12.1 Å². The molecule has 0 fully saturated rings. The summed E-state index contributed by atoms with van der Waals surface area (Å²) in [5, 5.41) is 8.74. The summed E-state index contributed by atoms with van der Waals surface area (Å²) in [5.41, 5.74) is 1.27. The normalized spacial score (nSPS) is 9.88. The second kappa shape index (κ2) is 5.12. The molecule has 4 nitrogen and oxygen atoms in total. The Hall–Kier alpha value is -2.36. The Morgan fingerprint density at radius 1 is 1.12 bits per heavy atom. The van der Waals surface area contributed by atoms with Gasteiger partial charge in [-0.25, -0.2) is 4.79 Å². The summed E-state index contributed by atoms with van der Waals surface area (Å²) in [4.78, 5) is 14.6. The van der Waals surface area contributed by atoms with E-state index < -0.39 is 5.97 Å². The molecule has 0 aliphatic heterocycles. The number of benzene rings is 1. The molecule has 0 spiro atoms. The van der Waals surface area contributed by atoms with E-state index in [9.17, 15) is 4.79 Å². The Kier molecular flexibility index (Phi) is 3.35. The second-order valence-corrected chi connectivity index (χ2v) is 3.47. The van der Waals surface area contributed by atoms with Crippen LogP contribution in [0.3, 0.4) is 0 Å². The number of carboxylic acids is 1. The number of aromatic carboxylic acids is 1. The highest BCUT2D eigenvalue weighted by Crippen LogP contribution is 2.13. The van der Waals surface area contributed by atoms with Gasteiger partial charge in [0, 0.05) is 12.4 Å². The lowest BCUT2D eigenvalue weighted by Gasteiger charge is -2.05. The molecule has 0 unspecified atom stereocenters. The van der Waals surface area contributed by atoms with Crippen molar-refractivity contribution in [1.29, 1.82) is 0 Å². The van der Waals surface area contributed by atoms with Crippen LogP contribution in [0.2, 0.25) is 0 Å². The minimum Gasteiger partial charge on any atom is -0.489 e. The van der Waals surface area contributed by atoms with E-state index in [0.717, 1.165) is 5.56 Å². The minimum absolute atomic E-state index is 0.251. The van der Waals surface area contributed by atoms with E-state index >= 15 is 0 Å². The fraction of sp³-hybridized carbons (Fsp3) is 0.0769. The van der Waals surface area contributed by atoms with Crippen LogP contribution in [0.5, 0.6) is 5.75 Å². The monoisotopic (exact) mass is 229 g/mol. The van der Waals surface area contributed by atoms with Crippen molar-refractivity contribution in [2.45, 2.75) is 6.61 Å². The molecule has 4 heteroatoms. The van der Waals surface area contributed by atoms with Crippen LogP contribution < -0.4 is 4.74 Å². The fourth-order valence-corrected chi connectivity index (χ4v) is 1.34. The van der Waals surface area contributed by atoms with Crippen LogP contribution in [-0.2, 0) is 6.61 Å². The summed E-state index contributed by atoms with van der Waals surface area (Å²) in [6.45, 7) is 0.439. The average molecular weight is 229 g/mol. The molecule has 2 aromatic rings. The van der Waals surface area contributed by atoms with Gasteiger partial charge in [0.05, 0.1) is 5.56 Å². The molecular formula is C13H11NO3. The maximum Gasteiger partial charge on any atom is 0.335 e. The molecule has 0 saturated carbocycles. The zero-order valence-corrected chi connectivity index (χ0v) is 9.04. The van der Waals surface area contributed by atoms with Crippen molar-refractivity contribution in [2.24, 2.45) is 0 Å². The molecule has 1 aromatic heterocycles. The topological polar surface area (TPSA) is 59.4 Å². The van der Waals surface area contributed by atoms with Gasteiger partial charge in [0.25, 0.3) is 0 Å². The van der Waals surface area contributed by atoms with E-state index in [1.54, 1.807) is 24.5 Å². The molecule has 0 bridgehead atoms. The standard InChI is InChI=1S/C13H11NO3/c15-13(16)11-1-3-12(4-2-11)17-9-10-5-7-14-8-6-10/h1-8H,9H2,(H,15,16). The first-order valence-corrected chi connectivity index (χ1v) is 5.11. The summed E-state index contributed by atoms with van der Waals surface area (Å²) in [5.74, 6) is -0.294. The molecule has 0 saturated heterocycles. The van der Waals surface area contributed by atoms with Crippen LogP contribution in [0.25, 0.3) is 0 Å². The van der Waals surface area contributed by atoms with Gasteiger partial charge in [-0.2, -0.15) is 0 Å². The van der Waals surface area contributed by atoms with Crippen molar-refractivity contribution in [1.82, 2.24) is 4.98 Å². The third-order valence-corrected chi connectivity index (χ3v) is 2.26. The Balaban J connectivity index is 1.98. The van der Waals surface area contributed by atoms with Crippen molar-refractivity contribution >= 4 is 5.97 Å².